The van der Waals surface area contributed by atoms with Crippen molar-refractivity contribution in [3.63, 3.8) is 0 Å². The molecule has 0 aromatic carbocycles. The van der Waals surface area contributed by atoms with Gasteiger partial charge in [-0.05, 0) is 38.5 Å². The van der Waals surface area contributed by atoms with Crippen LogP contribution in [-0.2, 0) is 71.4 Å². The van der Waals surface area contributed by atoms with Crippen LogP contribution in [0.4, 0.5) is 0 Å². The fraction of sp³-hybridized carbons (Fsp3) is 0.885. The van der Waals surface area contributed by atoms with E-state index in [1.807, 2.05) is 41.5 Å². The number of hydrogen-bond donors (Lipinski definition) is 2. The molecular formula is C52H93ClN2O15S2. The second-order valence-corrected chi connectivity index (χ2v) is 20.7. The van der Waals surface area contributed by atoms with Crippen LogP contribution in [0.5, 0.6) is 0 Å². The average molecular weight is 1090 g/mol. The Morgan fingerprint density at radius 2 is 0.611 bits per heavy atom. The Morgan fingerprint density at radius 1 is 0.375 bits per heavy atom. The van der Waals surface area contributed by atoms with Crippen molar-refractivity contribution in [3.05, 3.63) is 0 Å². The van der Waals surface area contributed by atoms with Gasteiger partial charge in [-0.1, -0.05) is 119 Å². The molecule has 20 heteroatoms. The minimum atomic E-state index is -1.60. The third kappa shape index (κ3) is 26.9. The zero-order chi connectivity index (χ0) is 52.2. The molecular weight excluding hydrogens is 992 g/mol. The quantitative estimate of drug-likeness (QED) is 0.0330. The Morgan fingerprint density at radius 3 is 0.847 bits per heavy atom. The van der Waals surface area contributed by atoms with Gasteiger partial charge in [-0.15, -0.1) is 12.4 Å². The first-order chi connectivity index (χ1) is 34.4. The molecule has 2 aliphatic rings. The van der Waals surface area contributed by atoms with Crippen LogP contribution in [-0.4, -0.2) is 133 Å². The van der Waals surface area contributed by atoms with Crippen molar-refractivity contribution in [3.8, 4) is 0 Å². The molecule has 0 bridgehead atoms. The van der Waals surface area contributed by atoms with Crippen molar-refractivity contribution in [1.29, 1.82) is 0 Å². The molecule has 0 unspecified atom stereocenters. The van der Waals surface area contributed by atoms with Crippen LogP contribution < -0.4 is 11.5 Å². The van der Waals surface area contributed by atoms with E-state index in [1.165, 1.54) is 23.5 Å². The Bertz CT molecular complexity index is 1400. The Balaban J connectivity index is 0.0000259. The molecule has 0 aliphatic carbocycles. The molecule has 420 valence electrons. The molecule has 2 saturated heterocycles. The number of carbonyl (C=O) groups is 6. The molecule has 2 rings (SSSR count). The van der Waals surface area contributed by atoms with E-state index in [4.69, 9.17) is 54.1 Å². The maximum absolute atomic E-state index is 13.9. The van der Waals surface area contributed by atoms with Gasteiger partial charge in [-0.3, -0.25) is 28.8 Å². The van der Waals surface area contributed by atoms with E-state index in [2.05, 4.69) is 0 Å². The highest BCUT2D eigenvalue weighted by Crippen LogP contribution is 2.37. The van der Waals surface area contributed by atoms with Gasteiger partial charge in [0.05, 0.1) is 0 Å². The summed E-state index contributed by atoms with van der Waals surface area (Å²) in [6.07, 6.45) is -0.345. The molecule has 2 fully saturated rings. The largest absolute Gasteiger partial charge is 0.455 e. The molecule has 0 aromatic heterocycles. The first-order valence-electron chi connectivity index (χ1n) is 27.1. The van der Waals surface area contributed by atoms with Crippen LogP contribution >= 0.6 is 35.9 Å². The topological polar surface area (TPSA) is 238 Å². The summed E-state index contributed by atoms with van der Waals surface area (Å²) in [4.78, 5) is 82.8. The summed E-state index contributed by atoms with van der Waals surface area (Å²) < 4.78 is 57.8. The van der Waals surface area contributed by atoms with Crippen LogP contribution in [0.25, 0.3) is 0 Å². The second-order valence-electron chi connectivity index (χ2n) is 18.4. The maximum Gasteiger partial charge on any atom is 0.306 e. The number of ether oxygens (including phenoxy) is 9. The van der Waals surface area contributed by atoms with Gasteiger partial charge in [0, 0.05) is 74.6 Å². The van der Waals surface area contributed by atoms with E-state index in [-0.39, 0.29) is 62.4 Å². The van der Waals surface area contributed by atoms with Crippen molar-refractivity contribution in [2.75, 3.05) is 36.1 Å². The zero-order valence-corrected chi connectivity index (χ0v) is 46.9. The molecule has 17 nitrogen and oxygen atoms in total. The molecule has 10 atom stereocenters. The summed E-state index contributed by atoms with van der Waals surface area (Å²) in [6, 6.07) is 0. The smallest absolute Gasteiger partial charge is 0.306 e. The highest BCUT2D eigenvalue weighted by Gasteiger charge is 2.58. The first kappa shape index (κ1) is 67.6. The van der Waals surface area contributed by atoms with Gasteiger partial charge in [0.2, 0.25) is 12.6 Å². The van der Waals surface area contributed by atoms with Gasteiger partial charge < -0.3 is 54.1 Å². The predicted octanol–water partition coefficient (Wildman–Crippen LogP) is 9.21. The SMILES string of the molecule is CCCCCC(=O)O[C@@H]1[C@H](OC(=O)CCCCC)[C@@H](O[C@H]2O[C@H](CSCCN)[C@@H](OC(=O)CCCCC)[C@H](OC(=O)CCCCC)[C@H]2OC(=O)CCCCC)O[C@H](CSCCN)[C@H]1OC(=O)CCCCC.Cl. The summed E-state index contributed by atoms with van der Waals surface area (Å²) in [6.45, 7) is 12.8. The fourth-order valence-electron chi connectivity index (χ4n) is 8.13. The molecule has 4 N–H and O–H groups in total. The average Bonchev–Trinajstić information content (AvgIpc) is 3.33. The van der Waals surface area contributed by atoms with Crippen molar-refractivity contribution < 1.29 is 71.4 Å². The number of nitrogens with two attached hydrogens (primary N) is 2. The summed E-state index contributed by atoms with van der Waals surface area (Å²) >= 11 is 2.84. The number of halogens is 1. The van der Waals surface area contributed by atoms with Gasteiger partial charge in [0.25, 0.3) is 0 Å². The summed E-state index contributed by atoms with van der Waals surface area (Å²) in [5.41, 5.74) is 11.9. The van der Waals surface area contributed by atoms with Gasteiger partial charge in [0.15, 0.2) is 36.6 Å². The third-order valence-electron chi connectivity index (χ3n) is 12.1. The van der Waals surface area contributed by atoms with Crippen molar-refractivity contribution in [2.45, 2.75) is 257 Å². The van der Waals surface area contributed by atoms with Gasteiger partial charge in [-0.25, -0.2) is 0 Å². The van der Waals surface area contributed by atoms with E-state index in [9.17, 15) is 28.8 Å². The van der Waals surface area contributed by atoms with Crippen LogP contribution in [0.15, 0.2) is 0 Å². The minimum Gasteiger partial charge on any atom is -0.455 e. The third-order valence-corrected chi connectivity index (χ3v) is 14.2. The highest BCUT2D eigenvalue weighted by molar-refractivity contribution is 7.99. The normalized spacial score (nSPS) is 23.8. The van der Waals surface area contributed by atoms with Gasteiger partial charge >= 0.3 is 35.8 Å². The number of thioether (sulfide) groups is 2. The van der Waals surface area contributed by atoms with Crippen LogP contribution in [0.3, 0.4) is 0 Å². The van der Waals surface area contributed by atoms with E-state index in [0.29, 0.717) is 63.1 Å². The van der Waals surface area contributed by atoms with Crippen molar-refractivity contribution in [2.24, 2.45) is 11.5 Å². The lowest BCUT2D eigenvalue weighted by molar-refractivity contribution is -0.371. The van der Waals surface area contributed by atoms with E-state index in [1.54, 1.807) is 0 Å². The molecule has 2 heterocycles. The molecule has 0 spiro atoms. The molecule has 0 saturated carbocycles. The van der Waals surface area contributed by atoms with Crippen molar-refractivity contribution in [1.82, 2.24) is 0 Å². The monoisotopic (exact) mass is 1080 g/mol. The zero-order valence-electron chi connectivity index (χ0n) is 44.5. The molecule has 0 amide bonds. The lowest BCUT2D eigenvalue weighted by atomic mass is 9.97. The van der Waals surface area contributed by atoms with E-state index < -0.39 is 97.2 Å². The number of esters is 6. The Kier molecular flexibility index (Phi) is 39.3. The Hall–Kier alpha value is -2.39. The van der Waals surface area contributed by atoms with Gasteiger partial charge in [-0.2, -0.15) is 23.5 Å². The lowest BCUT2D eigenvalue weighted by Gasteiger charge is -2.48. The van der Waals surface area contributed by atoms with E-state index >= 15 is 0 Å². The van der Waals surface area contributed by atoms with Crippen LogP contribution in [0.1, 0.15) is 196 Å². The fourth-order valence-corrected chi connectivity index (χ4v) is 9.79. The number of hydrogen-bond acceptors (Lipinski definition) is 19. The Labute approximate surface area is 445 Å². The number of rotatable bonds is 40. The number of carbonyl (C=O) groups excluding carboxylic acids is 6. The minimum absolute atomic E-state index is 0. The molecule has 2 aliphatic heterocycles. The van der Waals surface area contributed by atoms with Crippen LogP contribution in [0.2, 0.25) is 0 Å². The molecule has 72 heavy (non-hydrogen) atoms. The van der Waals surface area contributed by atoms with Crippen molar-refractivity contribution >= 4 is 71.7 Å². The first-order valence-corrected chi connectivity index (χ1v) is 29.4. The van der Waals surface area contributed by atoms with Crippen LogP contribution in [0, 0.1) is 0 Å². The standard InChI is InChI=1S/C52H92N2O15S2.ClH/c1-7-13-19-25-39(55)63-45-37(35-70-33-31-53)61-51(49(67-43(59)29-23-17-11-5)47(45)65-41(57)27-21-15-9-3)69-52-50(68-44(60)30-24-18-12-6)48(66-42(58)28-22-16-10-4)46(38(62-52)36-71-34-32-54)64-40(56)26-20-14-8-2;/h37-38,45-52H,7-36,53-54H2,1-6H3;1H/t37-,38-,45-,46-,47+,48+,49-,50+,51-,52-;/m1./s1. The summed E-state index contributed by atoms with van der Waals surface area (Å²) in [5.74, 6) is -2.14. The van der Waals surface area contributed by atoms with E-state index in [0.717, 1.165) is 77.0 Å². The van der Waals surface area contributed by atoms with Gasteiger partial charge in [0.1, 0.15) is 12.2 Å². The summed E-state index contributed by atoms with van der Waals surface area (Å²) in [7, 11) is 0. The number of unbranched alkanes of at least 4 members (excludes halogenated alkanes) is 12. The summed E-state index contributed by atoms with van der Waals surface area (Å²) in [5, 5.41) is 0. The lowest BCUT2D eigenvalue weighted by Crippen LogP contribution is -2.66. The maximum atomic E-state index is 13.9. The molecule has 0 radical (unpaired) electrons. The predicted molar refractivity (Wildman–Crippen MR) is 283 cm³/mol. The highest BCUT2D eigenvalue weighted by atomic mass is 35.5. The second kappa shape index (κ2) is 41.8. The molecule has 0 aromatic rings.